The average molecular weight is 148 g/mol. The van der Waals surface area contributed by atoms with Crippen molar-refractivity contribution < 1.29 is 14.2 Å². The van der Waals surface area contributed by atoms with Crippen LogP contribution >= 0.6 is 0 Å². The molecule has 0 saturated carbocycles. The van der Waals surface area contributed by atoms with Crippen LogP contribution in [0.15, 0.2) is 0 Å². The van der Waals surface area contributed by atoms with Crippen molar-refractivity contribution in [1.82, 2.24) is 0 Å². The largest absolute Gasteiger partial charge is 0.385 e. The summed E-state index contributed by atoms with van der Waals surface area (Å²) in [7, 11) is 3.35. The third-order valence-corrected chi connectivity index (χ3v) is 1.07. The van der Waals surface area contributed by atoms with Crippen LogP contribution in [0, 0.1) is 0 Å². The Balaban J connectivity index is 2.65. The Hall–Kier alpha value is -0.120. The summed E-state index contributed by atoms with van der Waals surface area (Å²) in [5.74, 6) is 0. The van der Waals surface area contributed by atoms with E-state index in [1.807, 2.05) is 0 Å². The molecule has 0 fully saturated rings. The highest BCUT2D eigenvalue weighted by Crippen LogP contribution is 1.82. The lowest BCUT2D eigenvalue weighted by molar-refractivity contribution is 0.0586. The van der Waals surface area contributed by atoms with E-state index in [0.717, 1.165) is 19.6 Å². The van der Waals surface area contributed by atoms with Gasteiger partial charge in [0.05, 0.1) is 13.2 Å². The summed E-state index contributed by atoms with van der Waals surface area (Å²) in [5.41, 5.74) is 0. The van der Waals surface area contributed by atoms with Gasteiger partial charge in [0, 0.05) is 27.4 Å². The van der Waals surface area contributed by atoms with E-state index in [1.165, 1.54) is 0 Å². The first kappa shape index (κ1) is 9.88. The summed E-state index contributed by atoms with van der Waals surface area (Å²) in [6.07, 6.45) is 0.959. The molecule has 0 bridgehead atoms. The molecule has 0 aromatic carbocycles. The second-order valence-corrected chi connectivity index (χ2v) is 1.95. The lowest BCUT2D eigenvalue weighted by Gasteiger charge is -2.01. The standard InChI is InChI=1S/C7H16O3/c1-8-4-3-5-10-7-6-9-2/h3-7H2,1-2H3. The minimum absolute atomic E-state index is 0.674. The first-order valence-electron chi connectivity index (χ1n) is 3.47. The summed E-state index contributed by atoms with van der Waals surface area (Å²) in [6.45, 7) is 2.89. The predicted octanol–water partition coefficient (Wildman–Crippen LogP) is 0.686. The van der Waals surface area contributed by atoms with Crippen LogP contribution in [0.3, 0.4) is 0 Å². The Kier molecular flexibility index (Phi) is 8.77. The van der Waals surface area contributed by atoms with E-state index in [0.29, 0.717) is 13.2 Å². The zero-order valence-corrected chi connectivity index (χ0v) is 6.76. The maximum Gasteiger partial charge on any atom is 0.0700 e. The Morgan fingerprint density at radius 3 is 2.10 bits per heavy atom. The molecule has 3 nitrogen and oxygen atoms in total. The zero-order valence-electron chi connectivity index (χ0n) is 6.76. The van der Waals surface area contributed by atoms with E-state index in [9.17, 15) is 0 Å². The number of hydrogen-bond donors (Lipinski definition) is 0. The van der Waals surface area contributed by atoms with Gasteiger partial charge in [-0.2, -0.15) is 0 Å². The topological polar surface area (TPSA) is 27.7 Å². The Morgan fingerprint density at radius 2 is 1.50 bits per heavy atom. The summed E-state index contributed by atoms with van der Waals surface area (Å²) in [4.78, 5) is 0. The molecule has 3 heteroatoms. The van der Waals surface area contributed by atoms with Gasteiger partial charge in [-0.25, -0.2) is 0 Å². The highest BCUT2D eigenvalue weighted by molar-refractivity contribution is 4.33. The van der Waals surface area contributed by atoms with Gasteiger partial charge in [-0.3, -0.25) is 0 Å². The van der Waals surface area contributed by atoms with Gasteiger partial charge < -0.3 is 14.2 Å². The van der Waals surface area contributed by atoms with Gasteiger partial charge in [0.2, 0.25) is 0 Å². The summed E-state index contributed by atoms with van der Waals surface area (Å²) >= 11 is 0. The van der Waals surface area contributed by atoms with Crippen LogP contribution in [0.1, 0.15) is 6.42 Å². The van der Waals surface area contributed by atoms with Crippen LogP contribution < -0.4 is 0 Å². The lowest BCUT2D eigenvalue weighted by Crippen LogP contribution is -2.04. The van der Waals surface area contributed by atoms with Crippen LogP contribution in [0.25, 0.3) is 0 Å². The fraction of sp³-hybridized carbons (Fsp3) is 1.00. The molecular formula is C7H16O3. The lowest BCUT2D eigenvalue weighted by atomic mass is 10.5. The SMILES string of the molecule is COCCCOCCOC. The second kappa shape index (κ2) is 8.88. The highest BCUT2D eigenvalue weighted by Gasteiger charge is 1.86. The molecule has 0 aromatic rings. The quantitative estimate of drug-likeness (QED) is 0.497. The molecule has 62 valence electrons. The first-order chi connectivity index (χ1) is 4.91. The van der Waals surface area contributed by atoms with Crippen LogP contribution in [0.2, 0.25) is 0 Å². The molecule has 0 N–H and O–H groups in total. The minimum atomic E-state index is 0.674. The van der Waals surface area contributed by atoms with Crippen LogP contribution in [-0.4, -0.2) is 40.6 Å². The molecule has 0 aliphatic carbocycles. The van der Waals surface area contributed by atoms with Crippen molar-refractivity contribution in [2.75, 3.05) is 40.6 Å². The molecule has 0 spiro atoms. The Bertz CT molecular complexity index is 48.8. The third kappa shape index (κ3) is 7.88. The van der Waals surface area contributed by atoms with E-state index in [2.05, 4.69) is 0 Å². The molecule has 0 aliphatic rings. The minimum Gasteiger partial charge on any atom is -0.385 e. The molecule has 0 heterocycles. The van der Waals surface area contributed by atoms with Gasteiger partial charge in [0.1, 0.15) is 0 Å². The number of methoxy groups -OCH3 is 2. The average Bonchev–Trinajstić information content (AvgIpc) is 1.97. The zero-order chi connectivity index (χ0) is 7.66. The monoisotopic (exact) mass is 148 g/mol. The summed E-state index contributed by atoms with van der Waals surface area (Å²) in [5, 5.41) is 0. The fourth-order valence-corrected chi connectivity index (χ4v) is 0.550. The molecule has 0 amide bonds. The van der Waals surface area contributed by atoms with Crippen molar-refractivity contribution in [3.63, 3.8) is 0 Å². The molecule has 0 atom stereocenters. The van der Waals surface area contributed by atoms with E-state index < -0.39 is 0 Å². The molecule has 0 radical (unpaired) electrons. The predicted molar refractivity (Wildman–Crippen MR) is 39.2 cm³/mol. The van der Waals surface area contributed by atoms with Crippen LogP contribution in [-0.2, 0) is 14.2 Å². The van der Waals surface area contributed by atoms with Crippen LogP contribution in [0.4, 0.5) is 0 Å². The first-order valence-corrected chi connectivity index (χ1v) is 3.47. The molecule has 0 saturated heterocycles. The van der Waals surface area contributed by atoms with Gasteiger partial charge in [-0.1, -0.05) is 0 Å². The van der Waals surface area contributed by atoms with Crippen molar-refractivity contribution in [1.29, 1.82) is 0 Å². The van der Waals surface area contributed by atoms with Gasteiger partial charge in [-0.05, 0) is 6.42 Å². The van der Waals surface area contributed by atoms with Crippen molar-refractivity contribution in [2.24, 2.45) is 0 Å². The van der Waals surface area contributed by atoms with E-state index in [-0.39, 0.29) is 0 Å². The second-order valence-electron chi connectivity index (χ2n) is 1.95. The van der Waals surface area contributed by atoms with E-state index >= 15 is 0 Å². The molecule has 10 heavy (non-hydrogen) atoms. The molecular weight excluding hydrogens is 132 g/mol. The van der Waals surface area contributed by atoms with Crippen molar-refractivity contribution >= 4 is 0 Å². The van der Waals surface area contributed by atoms with Crippen molar-refractivity contribution in [3.8, 4) is 0 Å². The Labute approximate surface area is 62.3 Å². The van der Waals surface area contributed by atoms with Gasteiger partial charge in [0.15, 0.2) is 0 Å². The van der Waals surface area contributed by atoms with Gasteiger partial charge >= 0.3 is 0 Å². The molecule has 0 aromatic heterocycles. The van der Waals surface area contributed by atoms with Gasteiger partial charge in [-0.15, -0.1) is 0 Å². The number of rotatable bonds is 7. The molecule has 0 unspecified atom stereocenters. The number of ether oxygens (including phenoxy) is 3. The molecule has 0 aliphatic heterocycles. The highest BCUT2D eigenvalue weighted by atomic mass is 16.5. The van der Waals surface area contributed by atoms with Crippen molar-refractivity contribution in [2.45, 2.75) is 6.42 Å². The summed E-state index contributed by atoms with van der Waals surface area (Å²) < 4.78 is 14.8. The van der Waals surface area contributed by atoms with Crippen LogP contribution in [0.5, 0.6) is 0 Å². The third-order valence-electron chi connectivity index (χ3n) is 1.07. The van der Waals surface area contributed by atoms with E-state index in [1.54, 1.807) is 14.2 Å². The molecule has 0 rings (SSSR count). The Morgan fingerprint density at radius 1 is 0.800 bits per heavy atom. The maximum absolute atomic E-state index is 5.17. The maximum atomic E-state index is 5.17. The van der Waals surface area contributed by atoms with E-state index in [4.69, 9.17) is 14.2 Å². The summed E-state index contributed by atoms with van der Waals surface area (Å²) in [6, 6.07) is 0. The van der Waals surface area contributed by atoms with Gasteiger partial charge in [0.25, 0.3) is 0 Å². The normalized spacial score (nSPS) is 10.2. The number of hydrogen-bond acceptors (Lipinski definition) is 3. The van der Waals surface area contributed by atoms with Crippen molar-refractivity contribution in [3.05, 3.63) is 0 Å². The fourth-order valence-electron chi connectivity index (χ4n) is 0.550. The smallest absolute Gasteiger partial charge is 0.0700 e.